The van der Waals surface area contributed by atoms with Crippen molar-refractivity contribution in [2.75, 3.05) is 13.1 Å². The Bertz CT molecular complexity index is 906. The van der Waals surface area contributed by atoms with Crippen molar-refractivity contribution in [3.63, 3.8) is 0 Å². The van der Waals surface area contributed by atoms with Crippen molar-refractivity contribution in [2.24, 2.45) is 0 Å². The minimum absolute atomic E-state index is 0.0644. The second kappa shape index (κ2) is 7.75. The summed E-state index contributed by atoms with van der Waals surface area (Å²) in [5, 5.41) is 3.45. The lowest BCUT2D eigenvalue weighted by Gasteiger charge is -2.23. The summed E-state index contributed by atoms with van der Waals surface area (Å²) in [6, 6.07) is 3.43. The van der Waals surface area contributed by atoms with Gasteiger partial charge in [-0.2, -0.15) is 0 Å². The molecule has 0 spiro atoms. The van der Waals surface area contributed by atoms with Crippen molar-refractivity contribution < 1.29 is 14.3 Å². The molecule has 2 aromatic rings. The van der Waals surface area contributed by atoms with Gasteiger partial charge in [0.1, 0.15) is 17.9 Å². The Kier molecular flexibility index (Phi) is 5.17. The summed E-state index contributed by atoms with van der Waals surface area (Å²) in [5.74, 6) is 0.462. The molecule has 0 radical (unpaired) electrons. The number of likely N-dealkylation sites (tertiary alicyclic amines) is 1. The third-order valence-electron chi connectivity index (χ3n) is 5.18. The standard InChI is InChI=1S/C20H21ClN4O3/c1-12(26)25-6-2-3-18(25)20(27)24-10-15-8-14-7-13(9-16(21)19(14)28-15)17-11-22-4-5-23-17/h4-5,7,9,11,15,18H,2-3,6,8,10H2,1H3,(H,24,27)/t15?,18-/m0/s1. The van der Waals surface area contributed by atoms with Crippen LogP contribution in [-0.2, 0) is 16.0 Å². The highest BCUT2D eigenvalue weighted by Crippen LogP contribution is 2.39. The zero-order chi connectivity index (χ0) is 19.7. The topological polar surface area (TPSA) is 84.4 Å². The number of aromatic nitrogens is 2. The van der Waals surface area contributed by atoms with Crippen LogP contribution in [0.3, 0.4) is 0 Å². The molecule has 1 aromatic carbocycles. The van der Waals surface area contributed by atoms with Gasteiger partial charge in [-0.25, -0.2) is 0 Å². The summed E-state index contributed by atoms with van der Waals surface area (Å²) < 4.78 is 5.95. The molecule has 1 N–H and O–H groups in total. The second-order valence-electron chi connectivity index (χ2n) is 7.10. The fourth-order valence-electron chi connectivity index (χ4n) is 3.85. The lowest BCUT2D eigenvalue weighted by Crippen LogP contribution is -2.47. The van der Waals surface area contributed by atoms with Crippen LogP contribution in [0.15, 0.2) is 30.7 Å². The van der Waals surface area contributed by atoms with Gasteiger partial charge in [-0.15, -0.1) is 0 Å². The van der Waals surface area contributed by atoms with Crippen LogP contribution < -0.4 is 10.1 Å². The van der Waals surface area contributed by atoms with Crippen LogP contribution >= 0.6 is 11.6 Å². The Morgan fingerprint density at radius 1 is 1.36 bits per heavy atom. The van der Waals surface area contributed by atoms with E-state index in [1.54, 1.807) is 23.5 Å². The van der Waals surface area contributed by atoms with Gasteiger partial charge in [0.2, 0.25) is 11.8 Å². The fraction of sp³-hybridized carbons (Fsp3) is 0.400. The first-order chi connectivity index (χ1) is 13.5. The minimum atomic E-state index is -0.381. The maximum atomic E-state index is 12.5. The van der Waals surface area contributed by atoms with E-state index in [0.29, 0.717) is 36.7 Å². The van der Waals surface area contributed by atoms with Crippen molar-refractivity contribution in [1.29, 1.82) is 0 Å². The molecular formula is C20H21ClN4O3. The number of nitrogens with zero attached hydrogens (tertiary/aromatic N) is 3. The lowest BCUT2D eigenvalue weighted by molar-refractivity contribution is -0.137. The predicted molar refractivity (Wildman–Crippen MR) is 104 cm³/mol. The van der Waals surface area contributed by atoms with E-state index in [4.69, 9.17) is 16.3 Å². The van der Waals surface area contributed by atoms with E-state index in [0.717, 1.165) is 23.2 Å². The molecular weight excluding hydrogens is 380 g/mol. The van der Waals surface area contributed by atoms with E-state index in [1.807, 2.05) is 12.1 Å². The molecule has 2 amide bonds. The Morgan fingerprint density at radius 2 is 2.21 bits per heavy atom. The molecule has 28 heavy (non-hydrogen) atoms. The van der Waals surface area contributed by atoms with E-state index < -0.39 is 0 Å². The molecule has 3 heterocycles. The first-order valence-electron chi connectivity index (χ1n) is 9.33. The fourth-order valence-corrected chi connectivity index (χ4v) is 4.13. The molecule has 7 nitrogen and oxygen atoms in total. The third-order valence-corrected chi connectivity index (χ3v) is 5.46. The number of ether oxygens (including phenoxy) is 1. The van der Waals surface area contributed by atoms with E-state index in [1.165, 1.54) is 6.92 Å². The highest BCUT2D eigenvalue weighted by Gasteiger charge is 2.33. The molecule has 0 bridgehead atoms. The summed E-state index contributed by atoms with van der Waals surface area (Å²) in [6.45, 7) is 2.51. The summed E-state index contributed by atoms with van der Waals surface area (Å²) in [7, 11) is 0. The van der Waals surface area contributed by atoms with Crippen molar-refractivity contribution in [2.45, 2.75) is 38.3 Å². The average molecular weight is 401 g/mol. The van der Waals surface area contributed by atoms with Crippen LogP contribution in [0.2, 0.25) is 5.02 Å². The number of hydrogen-bond acceptors (Lipinski definition) is 5. The van der Waals surface area contributed by atoms with Crippen LogP contribution in [-0.4, -0.2) is 51.9 Å². The van der Waals surface area contributed by atoms with Crippen molar-refractivity contribution in [1.82, 2.24) is 20.2 Å². The number of halogens is 1. The normalized spacial score (nSPS) is 20.6. The van der Waals surface area contributed by atoms with Gasteiger partial charge >= 0.3 is 0 Å². The molecule has 2 aliphatic rings. The molecule has 1 fully saturated rings. The lowest BCUT2D eigenvalue weighted by atomic mass is 10.0. The molecule has 8 heteroatoms. The Hall–Kier alpha value is -2.67. The van der Waals surface area contributed by atoms with Crippen LogP contribution in [0.1, 0.15) is 25.3 Å². The maximum Gasteiger partial charge on any atom is 0.242 e. The zero-order valence-electron chi connectivity index (χ0n) is 15.5. The molecule has 146 valence electrons. The summed E-state index contributed by atoms with van der Waals surface area (Å²) >= 11 is 6.41. The number of fused-ring (bicyclic) bond motifs is 1. The second-order valence-corrected chi connectivity index (χ2v) is 7.50. The van der Waals surface area contributed by atoms with Crippen molar-refractivity contribution >= 4 is 23.4 Å². The number of benzene rings is 1. The molecule has 1 aromatic heterocycles. The number of amides is 2. The summed E-state index contributed by atoms with van der Waals surface area (Å²) in [5.41, 5.74) is 2.61. The molecule has 2 aliphatic heterocycles. The smallest absolute Gasteiger partial charge is 0.242 e. The molecule has 4 rings (SSSR count). The van der Waals surface area contributed by atoms with Gasteiger partial charge in [-0.05, 0) is 25.0 Å². The van der Waals surface area contributed by atoms with Crippen LogP contribution in [0, 0.1) is 0 Å². The van der Waals surface area contributed by atoms with Gasteiger partial charge < -0.3 is 15.0 Å². The Labute approximate surface area is 168 Å². The van der Waals surface area contributed by atoms with E-state index in [9.17, 15) is 9.59 Å². The van der Waals surface area contributed by atoms with Gasteiger partial charge in [0.15, 0.2) is 0 Å². The first-order valence-corrected chi connectivity index (χ1v) is 9.71. The summed E-state index contributed by atoms with van der Waals surface area (Å²) in [6.07, 6.45) is 6.95. The first kappa shape index (κ1) is 18.7. The van der Waals surface area contributed by atoms with Gasteiger partial charge in [0.05, 0.1) is 23.5 Å². The van der Waals surface area contributed by atoms with E-state index in [-0.39, 0.29) is 24.0 Å². The maximum absolute atomic E-state index is 12.5. The SMILES string of the molecule is CC(=O)N1CCC[C@H]1C(=O)NCC1Cc2cc(-c3cnccn3)cc(Cl)c2O1. The number of rotatable bonds is 4. The number of carbonyl (C=O) groups is 2. The van der Waals surface area contributed by atoms with Crippen LogP contribution in [0.4, 0.5) is 0 Å². The van der Waals surface area contributed by atoms with Crippen molar-refractivity contribution in [3.05, 3.63) is 41.3 Å². The van der Waals surface area contributed by atoms with E-state index in [2.05, 4.69) is 15.3 Å². The van der Waals surface area contributed by atoms with Gasteiger partial charge in [-0.1, -0.05) is 11.6 Å². The molecule has 1 unspecified atom stereocenters. The quantitative estimate of drug-likeness (QED) is 0.850. The molecule has 0 saturated carbocycles. The number of carbonyl (C=O) groups excluding carboxylic acids is 2. The van der Waals surface area contributed by atoms with Crippen LogP contribution in [0.25, 0.3) is 11.3 Å². The Balaban J connectivity index is 1.41. The highest BCUT2D eigenvalue weighted by molar-refractivity contribution is 6.32. The van der Waals surface area contributed by atoms with Gasteiger partial charge in [0.25, 0.3) is 0 Å². The summed E-state index contributed by atoms with van der Waals surface area (Å²) in [4.78, 5) is 34.2. The predicted octanol–water partition coefficient (Wildman–Crippen LogP) is 2.23. The number of nitrogens with one attached hydrogen (secondary N) is 1. The monoisotopic (exact) mass is 400 g/mol. The minimum Gasteiger partial charge on any atom is -0.486 e. The van der Waals surface area contributed by atoms with Crippen LogP contribution in [0.5, 0.6) is 5.75 Å². The Morgan fingerprint density at radius 3 is 2.96 bits per heavy atom. The highest BCUT2D eigenvalue weighted by atomic mass is 35.5. The molecule has 0 aliphatic carbocycles. The van der Waals surface area contributed by atoms with Gasteiger partial charge in [0, 0.05) is 43.4 Å². The van der Waals surface area contributed by atoms with Crippen molar-refractivity contribution in [3.8, 4) is 17.0 Å². The van der Waals surface area contributed by atoms with Gasteiger partial charge in [-0.3, -0.25) is 19.6 Å². The zero-order valence-corrected chi connectivity index (χ0v) is 16.3. The number of hydrogen-bond donors (Lipinski definition) is 1. The average Bonchev–Trinajstić information content (AvgIpc) is 3.34. The largest absolute Gasteiger partial charge is 0.486 e. The molecule has 1 saturated heterocycles. The molecule has 2 atom stereocenters. The van der Waals surface area contributed by atoms with E-state index >= 15 is 0 Å². The third kappa shape index (κ3) is 3.67.